The molecule has 3 N–H and O–H groups in total. The number of hydrogen-bond donors (Lipinski definition) is 3. The molecule has 3 atom stereocenters. The van der Waals surface area contributed by atoms with Crippen molar-refractivity contribution in [1.29, 1.82) is 0 Å². The number of halogens is 1. The van der Waals surface area contributed by atoms with Gasteiger partial charge in [-0.15, -0.1) is 0 Å². The van der Waals surface area contributed by atoms with Crippen molar-refractivity contribution in [3.05, 3.63) is 59.9 Å². The summed E-state index contributed by atoms with van der Waals surface area (Å²) in [4.78, 5) is 41.2. The Labute approximate surface area is 224 Å². The molecule has 0 aliphatic carbocycles. The lowest BCUT2D eigenvalue weighted by Gasteiger charge is -2.29. The second-order valence-electron chi connectivity index (χ2n) is 10.6. The highest BCUT2D eigenvalue weighted by Gasteiger charge is 2.36. The van der Waals surface area contributed by atoms with Crippen molar-refractivity contribution in [3.8, 4) is 11.1 Å². The van der Waals surface area contributed by atoms with Gasteiger partial charge in [-0.05, 0) is 72.9 Å². The van der Waals surface area contributed by atoms with E-state index < -0.39 is 23.8 Å². The van der Waals surface area contributed by atoms with Crippen molar-refractivity contribution >= 4 is 17.7 Å². The highest BCUT2D eigenvalue weighted by atomic mass is 19.1. The van der Waals surface area contributed by atoms with Gasteiger partial charge in [-0.1, -0.05) is 57.5 Å². The van der Waals surface area contributed by atoms with E-state index in [9.17, 15) is 24.0 Å². The number of nitrogens with one attached hydrogen (secondary N) is 2. The molecule has 0 spiro atoms. The molecule has 1 heterocycles. The highest BCUT2D eigenvalue weighted by molar-refractivity contribution is 5.91. The molecule has 38 heavy (non-hydrogen) atoms. The van der Waals surface area contributed by atoms with E-state index in [0.717, 1.165) is 29.5 Å². The number of carbonyl (C=O) groups is 3. The monoisotopic (exact) mass is 525 g/mol. The molecule has 0 saturated carbocycles. The molecule has 2 aromatic carbocycles. The Balaban J connectivity index is 1.75. The van der Waals surface area contributed by atoms with Crippen LogP contribution in [0.4, 0.5) is 4.39 Å². The molecule has 0 aromatic heterocycles. The summed E-state index contributed by atoms with van der Waals surface area (Å²) in [5, 5.41) is 12.2. The van der Waals surface area contributed by atoms with Gasteiger partial charge in [0.15, 0.2) is 0 Å². The first-order chi connectivity index (χ1) is 18.2. The predicted molar refractivity (Wildman–Crippen MR) is 144 cm³/mol. The minimum atomic E-state index is -0.668. The van der Waals surface area contributed by atoms with Crippen molar-refractivity contribution in [2.45, 2.75) is 71.9 Å². The number of hydroxylamine groups is 1. The van der Waals surface area contributed by atoms with Crippen molar-refractivity contribution < 1.29 is 24.0 Å². The summed E-state index contributed by atoms with van der Waals surface area (Å²) in [6, 6.07) is 13.5. The molecule has 8 heteroatoms. The largest absolute Gasteiger partial charge is 0.344 e. The zero-order valence-corrected chi connectivity index (χ0v) is 22.6. The number of carbonyl (C=O) groups excluding carboxylic acids is 3. The fourth-order valence-corrected chi connectivity index (χ4v) is 5.26. The van der Waals surface area contributed by atoms with E-state index in [1.807, 2.05) is 45.0 Å². The molecule has 2 aromatic rings. The molecule has 1 saturated heterocycles. The molecule has 3 rings (SSSR count). The van der Waals surface area contributed by atoms with Gasteiger partial charge in [0, 0.05) is 19.0 Å². The maximum atomic E-state index is 13.6. The lowest BCUT2D eigenvalue weighted by molar-refractivity contribution is -0.143. The second kappa shape index (κ2) is 14.0. The van der Waals surface area contributed by atoms with E-state index in [1.54, 1.807) is 22.5 Å². The number of likely N-dealkylation sites (tertiary alicyclic amines) is 1. The van der Waals surface area contributed by atoms with Crippen LogP contribution in [0.2, 0.25) is 0 Å². The van der Waals surface area contributed by atoms with Gasteiger partial charge in [0.2, 0.25) is 17.7 Å². The van der Waals surface area contributed by atoms with E-state index in [1.165, 1.54) is 12.1 Å². The zero-order valence-electron chi connectivity index (χ0n) is 22.6. The highest BCUT2D eigenvalue weighted by Crippen LogP contribution is 2.27. The zero-order chi connectivity index (χ0) is 27.7. The van der Waals surface area contributed by atoms with Gasteiger partial charge in [-0.3, -0.25) is 19.6 Å². The third-order valence-electron chi connectivity index (χ3n) is 7.17. The molecule has 7 nitrogen and oxygen atoms in total. The third-order valence-corrected chi connectivity index (χ3v) is 7.17. The standard InChI is InChI=1S/C30H40FN3O4/c1-4-8-25(29(36)33-38)26(17-20(2)3)28(35)32-27-11-5-6-16-34(30(27)37)19-21-9-7-10-23(18-21)22-12-14-24(31)15-13-22/h7,9-10,12-15,18,20,25-27,38H,4-6,8,11,16-17,19H2,1-3H3,(H,32,35)(H,33,36)/t25-,26?,27-/m0/s1. The van der Waals surface area contributed by atoms with E-state index in [2.05, 4.69) is 5.32 Å². The lowest BCUT2D eigenvalue weighted by Crippen LogP contribution is -2.51. The average molecular weight is 526 g/mol. The topological polar surface area (TPSA) is 98.7 Å². The van der Waals surface area contributed by atoms with Crippen molar-refractivity contribution in [3.63, 3.8) is 0 Å². The molecular formula is C30H40FN3O4. The second-order valence-corrected chi connectivity index (χ2v) is 10.6. The van der Waals surface area contributed by atoms with Crippen molar-refractivity contribution in [2.75, 3.05) is 6.54 Å². The van der Waals surface area contributed by atoms with Gasteiger partial charge in [-0.2, -0.15) is 0 Å². The van der Waals surface area contributed by atoms with Crippen LogP contribution in [0.15, 0.2) is 48.5 Å². The van der Waals surface area contributed by atoms with Crippen LogP contribution in [0.3, 0.4) is 0 Å². The Bertz CT molecular complexity index is 1090. The number of rotatable bonds is 11. The van der Waals surface area contributed by atoms with Crippen LogP contribution in [0.25, 0.3) is 11.1 Å². The molecule has 1 unspecified atom stereocenters. The molecule has 0 radical (unpaired) electrons. The van der Waals surface area contributed by atoms with E-state index in [-0.39, 0.29) is 23.5 Å². The van der Waals surface area contributed by atoms with Gasteiger partial charge >= 0.3 is 0 Å². The molecular weight excluding hydrogens is 485 g/mol. The molecule has 1 fully saturated rings. The van der Waals surface area contributed by atoms with Gasteiger partial charge < -0.3 is 10.2 Å². The number of amides is 3. The predicted octanol–water partition coefficient (Wildman–Crippen LogP) is 5.07. The summed E-state index contributed by atoms with van der Waals surface area (Å²) in [7, 11) is 0. The molecule has 206 valence electrons. The Kier molecular flexibility index (Phi) is 10.8. The summed E-state index contributed by atoms with van der Waals surface area (Å²) in [5.41, 5.74) is 4.51. The average Bonchev–Trinajstić information content (AvgIpc) is 3.07. The molecule has 3 amide bonds. The van der Waals surface area contributed by atoms with Crippen LogP contribution >= 0.6 is 0 Å². The Hall–Kier alpha value is -3.26. The van der Waals surface area contributed by atoms with Crippen molar-refractivity contribution in [2.24, 2.45) is 17.8 Å². The minimum absolute atomic E-state index is 0.134. The molecule has 0 bridgehead atoms. The minimum Gasteiger partial charge on any atom is -0.344 e. The first-order valence-corrected chi connectivity index (χ1v) is 13.6. The van der Waals surface area contributed by atoms with Crippen LogP contribution in [-0.2, 0) is 20.9 Å². The lowest BCUT2D eigenvalue weighted by atomic mass is 9.81. The first kappa shape index (κ1) is 29.3. The Morgan fingerprint density at radius 3 is 2.45 bits per heavy atom. The van der Waals surface area contributed by atoms with Crippen LogP contribution in [-0.4, -0.2) is 40.4 Å². The maximum absolute atomic E-state index is 13.6. The summed E-state index contributed by atoms with van der Waals surface area (Å²) in [6.45, 7) is 6.89. The maximum Gasteiger partial charge on any atom is 0.247 e. The quantitative estimate of drug-likeness (QED) is 0.282. The van der Waals surface area contributed by atoms with E-state index in [4.69, 9.17) is 0 Å². The molecule has 1 aliphatic rings. The summed E-state index contributed by atoms with van der Waals surface area (Å²) in [5.74, 6) is -2.46. The van der Waals surface area contributed by atoms with Crippen LogP contribution in [0.1, 0.15) is 64.9 Å². The fraction of sp³-hybridized carbons (Fsp3) is 0.500. The SMILES string of the molecule is CCC[C@H](C(=O)NO)C(CC(C)C)C(=O)N[C@H]1CCCCN(Cc2cccc(-c3ccc(F)cc3)c2)C1=O. The smallest absolute Gasteiger partial charge is 0.247 e. The molecule has 1 aliphatic heterocycles. The first-order valence-electron chi connectivity index (χ1n) is 13.6. The summed E-state index contributed by atoms with van der Waals surface area (Å²) >= 11 is 0. The van der Waals surface area contributed by atoms with Gasteiger partial charge in [0.05, 0.1) is 5.92 Å². The number of hydrogen-bond acceptors (Lipinski definition) is 4. The Morgan fingerprint density at radius 2 is 1.79 bits per heavy atom. The van der Waals surface area contributed by atoms with Crippen molar-refractivity contribution in [1.82, 2.24) is 15.7 Å². The fourth-order valence-electron chi connectivity index (χ4n) is 5.26. The van der Waals surface area contributed by atoms with Crippen LogP contribution in [0.5, 0.6) is 0 Å². The van der Waals surface area contributed by atoms with Crippen LogP contribution < -0.4 is 10.8 Å². The van der Waals surface area contributed by atoms with Gasteiger partial charge in [0.25, 0.3) is 0 Å². The summed E-state index contributed by atoms with van der Waals surface area (Å²) in [6.07, 6.45) is 3.80. The third kappa shape index (κ3) is 7.87. The van der Waals surface area contributed by atoms with Crippen LogP contribution in [0, 0.1) is 23.6 Å². The van der Waals surface area contributed by atoms with Gasteiger partial charge in [0.1, 0.15) is 11.9 Å². The van der Waals surface area contributed by atoms with Gasteiger partial charge in [-0.25, -0.2) is 9.87 Å². The number of nitrogens with zero attached hydrogens (tertiary/aromatic N) is 1. The summed E-state index contributed by atoms with van der Waals surface area (Å²) < 4.78 is 13.3. The van der Waals surface area contributed by atoms with E-state index in [0.29, 0.717) is 38.8 Å². The Morgan fingerprint density at radius 1 is 1.05 bits per heavy atom. The number of benzene rings is 2. The normalized spacial score (nSPS) is 17.6. The van der Waals surface area contributed by atoms with E-state index >= 15 is 0 Å².